The van der Waals surface area contributed by atoms with Gasteiger partial charge < -0.3 is 14.2 Å². The lowest BCUT2D eigenvalue weighted by molar-refractivity contribution is -0.146. The maximum Gasteiger partial charge on any atom is 0.303 e. The quantitative estimate of drug-likeness (QED) is 0.0293. The topological polar surface area (TPSA) is 61.8 Å². The summed E-state index contributed by atoms with van der Waals surface area (Å²) in [5, 5.41) is 0. The van der Waals surface area contributed by atoms with Gasteiger partial charge in [-0.15, -0.1) is 0 Å². The molecular formula is C114H191F5O5Si7. The van der Waals surface area contributed by atoms with Crippen molar-refractivity contribution in [3.8, 4) is 0 Å². The van der Waals surface area contributed by atoms with E-state index >= 15 is 0 Å². The number of halogens is 5. The van der Waals surface area contributed by atoms with Crippen molar-refractivity contribution in [3.63, 3.8) is 0 Å². The van der Waals surface area contributed by atoms with Gasteiger partial charge in [-0.25, -0.2) is 22.0 Å². The van der Waals surface area contributed by atoms with E-state index in [1.165, 1.54) is 285 Å². The number of benzene rings is 7. The normalized spacial score (nSPS) is 16.1. The van der Waals surface area contributed by atoms with Crippen molar-refractivity contribution in [1.29, 1.82) is 0 Å². The highest BCUT2D eigenvalue weighted by atomic mass is 28.2. The summed E-state index contributed by atoms with van der Waals surface area (Å²) < 4.78 is 78.0. The van der Waals surface area contributed by atoms with E-state index in [0.29, 0.717) is 5.92 Å². The van der Waals surface area contributed by atoms with Gasteiger partial charge in [0.15, 0.2) is 17.5 Å². The van der Waals surface area contributed by atoms with E-state index in [-0.39, 0.29) is 29.8 Å². The van der Waals surface area contributed by atoms with Crippen molar-refractivity contribution in [2.24, 2.45) is 41.4 Å². The first-order chi connectivity index (χ1) is 63.5. The number of hydrogen-bond acceptors (Lipinski definition) is 5. The van der Waals surface area contributed by atoms with Crippen molar-refractivity contribution in [1.82, 2.24) is 0 Å². The van der Waals surface area contributed by atoms with Gasteiger partial charge >= 0.3 is 11.9 Å². The summed E-state index contributed by atoms with van der Waals surface area (Å²) in [7, 11) is 11.7. The third kappa shape index (κ3) is 69.1. The zero-order chi connectivity index (χ0) is 96.4. The van der Waals surface area contributed by atoms with E-state index < -0.39 is 29.5 Å². The molecule has 0 amide bonds. The lowest BCUT2D eigenvalue weighted by atomic mass is 9.88. The van der Waals surface area contributed by atoms with Crippen molar-refractivity contribution in [3.05, 3.63) is 250 Å². The van der Waals surface area contributed by atoms with E-state index in [2.05, 4.69) is 105 Å². The minimum Gasteiger partial charge on any atom is -0.461 e. The molecule has 7 saturated carbocycles. The molecule has 7 aliphatic rings. The highest BCUT2D eigenvalue weighted by Gasteiger charge is 2.21. The Balaban J connectivity index is 0.000000708. The van der Waals surface area contributed by atoms with Gasteiger partial charge in [0.2, 0.25) is 0 Å². The maximum atomic E-state index is 13.2. The number of carbonyl (C=O) groups is 2. The van der Waals surface area contributed by atoms with E-state index in [9.17, 15) is 31.5 Å². The second-order valence-corrected chi connectivity index (χ2v) is 44.4. The molecule has 0 aliphatic heterocycles. The smallest absolute Gasteiger partial charge is 0.303 e. The van der Waals surface area contributed by atoms with Crippen LogP contribution in [0, 0.1) is 77.4 Å². The Morgan fingerprint density at radius 1 is 0.359 bits per heavy atom. The van der Waals surface area contributed by atoms with Crippen LogP contribution in [0.15, 0.2) is 182 Å². The third-order valence-corrected chi connectivity index (χ3v) is 32.1. The van der Waals surface area contributed by atoms with Crippen molar-refractivity contribution in [2.45, 2.75) is 392 Å². The number of esters is 2. The van der Waals surface area contributed by atoms with Crippen LogP contribution in [0.1, 0.15) is 356 Å². The molecular weight excluding hydrogens is 1740 g/mol. The molecule has 7 aromatic carbocycles. The van der Waals surface area contributed by atoms with Crippen LogP contribution >= 0.6 is 0 Å². The first-order valence-corrected chi connectivity index (χ1v) is 63.0. The van der Waals surface area contributed by atoms with Gasteiger partial charge in [0.25, 0.3) is 0 Å². The molecule has 0 saturated heterocycles. The van der Waals surface area contributed by atoms with Gasteiger partial charge in [-0.1, -0.05) is 484 Å². The summed E-state index contributed by atoms with van der Waals surface area (Å²) in [4.78, 5) is 21.0. The fourth-order valence-electron chi connectivity index (χ4n) is 18.2. The first kappa shape index (κ1) is 124. The van der Waals surface area contributed by atoms with E-state index in [4.69, 9.17) is 9.47 Å². The van der Waals surface area contributed by atoms with Gasteiger partial charge in [0.05, 0.1) is 6.61 Å². The Kier molecular flexibility index (Phi) is 81.4. The molecule has 0 bridgehead atoms. The van der Waals surface area contributed by atoms with Crippen LogP contribution in [0.3, 0.4) is 0 Å². The number of carbonyl (C=O) groups excluding carboxylic acids is 2. The van der Waals surface area contributed by atoms with Crippen molar-refractivity contribution >= 4 is 83.6 Å². The van der Waals surface area contributed by atoms with Crippen LogP contribution in [0.25, 0.3) is 0 Å². The van der Waals surface area contributed by atoms with Gasteiger partial charge in [-0.3, -0.25) is 9.59 Å². The fraction of sp³-hybridized carbons (Fsp3) is 0.614. The first-order valence-electron chi connectivity index (χ1n) is 53.1. The standard InChI is InChI=1S/C10H9F3O2.C9H9FO2.C9H11F.C9H12O.C9H12.4C8H18Si.C8H10.3C7H16Si.C7H8/c1-5(15-6(2)14)7-3-4-8(11)10(13)9(7)12;1-7(11)12-6-8-2-4-9(10)5-3-8;1-2-5-8-6-3-4-7-9(8)10;1-10-8-7-9-5-3-2-4-6-9;1-8(2)9-6-4-3-5-7-9;4*9-7-6-8-4-2-1-3-5-8;1-2-8-6-4-3-5-7-8;3*8-6-7-4-2-1-3-5-7;1-7-5-3-2-4-6-7/h3-5H,1-2H3;2-5H,6H2,1H3;3-4,6-7H,2,5H2,1H3;2-6H,7-8H2,1H3;3-8H,1-2H3;4*8H,1-7H2,9H3;3-7H,2H2,1H3;3*7H,1-6H2,8H3;2-6H,1H3. The number of hydrogen-bond donors (Lipinski definition) is 0. The molecule has 5 nitrogen and oxygen atoms in total. The van der Waals surface area contributed by atoms with Crippen LogP contribution < -0.4 is 0 Å². The molecule has 0 radical (unpaired) electrons. The lowest BCUT2D eigenvalue weighted by Crippen LogP contribution is -2.08. The second kappa shape index (κ2) is 86.2. The Morgan fingerprint density at radius 3 is 0.969 bits per heavy atom. The number of ether oxygens (including phenoxy) is 3. The van der Waals surface area contributed by atoms with Crippen molar-refractivity contribution in [2.75, 3.05) is 13.7 Å². The summed E-state index contributed by atoms with van der Waals surface area (Å²) in [6.45, 7) is 15.6. The molecule has 131 heavy (non-hydrogen) atoms. The van der Waals surface area contributed by atoms with Gasteiger partial charge in [0, 0.05) is 98.2 Å². The summed E-state index contributed by atoms with van der Waals surface area (Å²) in [5.74, 6) is 3.16. The third-order valence-electron chi connectivity index (χ3n) is 26.4. The predicted octanol–water partition coefficient (Wildman–Crippen LogP) is 27.3. The van der Waals surface area contributed by atoms with Gasteiger partial charge in [0.1, 0.15) is 24.3 Å². The summed E-state index contributed by atoms with van der Waals surface area (Å²) in [6.07, 6.45) is 62.7. The minimum atomic E-state index is -1.56. The molecule has 7 aromatic rings. The molecule has 7 aliphatic carbocycles. The summed E-state index contributed by atoms with van der Waals surface area (Å²) in [5.41, 5.74) is 6.90. The second-order valence-electron chi connectivity index (χ2n) is 38.0. The Labute approximate surface area is 821 Å². The maximum absolute atomic E-state index is 13.2. The summed E-state index contributed by atoms with van der Waals surface area (Å²) in [6, 6.07) is 66.9. The Bertz CT molecular complexity index is 3530. The molecule has 1 atom stereocenters. The monoisotopic (exact) mass is 1930 g/mol. The zero-order valence-electron chi connectivity index (χ0n) is 86.2. The number of methoxy groups -OCH3 is 1. The van der Waals surface area contributed by atoms with Crippen LogP contribution in [-0.4, -0.2) is 97.4 Å². The van der Waals surface area contributed by atoms with E-state index in [1.54, 1.807) is 159 Å². The molecule has 1 unspecified atom stereocenters. The number of aryl methyl sites for hydroxylation is 3. The fourth-order valence-corrected chi connectivity index (χ4v) is 23.9. The molecule has 0 spiro atoms. The molecule has 17 heteroatoms. The average molecular weight is 1930 g/mol. The van der Waals surface area contributed by atoms with E-state index in [0.717, 1.165) is 104 Å². The molecule has 0 heterocycles. The Hall–Kier alpha value is -5.39. The van der Waals surface area contributed by atoms with E-state index in [1.807, 2.05) is 67.6 Å². The summed E-state index contributed by atoms with van der Waals surface area (Å²) >= 11 is 0. The molecule has 7 fully saturated rings. The molecule has 0 N–H and O–H groups in total. The zero-order valence-corrected chi connectivity index (χ0v) is 100. The van der Waals surface area contributed by atoms with Crippen LogP contribution in [0.5, 0.6) is 0 Å². The van der Waals surface area contributed by atoms with Gasteiger partial charge in [-0.2, -0.15) is 0 Å². The highest BCUT2D eigenvalue weighted by Crippen LogP contribution is 2.32. The van der Waals surface area contributed by atoms with Gasteiger partial charge in [-0.05, 0) is 139 Å². The van der Waals surface area contributed by atoms with Crippen molar-refractivity contribution < 1.29 is 45.8 Å². The average Bonchev–Trinajstić information content (AvgIpc) is 0.830. The molecule has 0 aromatic heterocycles. The lowest BCUT2D eigenvalue weighted by Gasteiger charge is -2.20. The highest BCUT2D eigenvalue weighted by molar-refractivity contribution is 6.09. The van der Waals surface area contributed by atoms with Crippen LogP contribution in [0.4, 0.5) is 22.0 Å². The molecule has 740 valence electrons. The molecule has 14 rings (SSSR count). The minimum absolute atomic E-state index is 0.0793. The number of rotatable bonds is 22. The SMILES string of the molecule is CC(=O)OC(C)c1ccc(F)c(F)c1F.CC(=O)OCc1ccc(F)cc1.CC(C)c1ccccc1.CCCc1ccccc1F.CCc1ccccc1.COCCc1ccccc1.Cc1ccccc1.[SiH3]CC1CCCCC1.[SiH3]CC1CCCCC1.[SiH3]CC1CCCCC1.[SiH3]CCC1CCCCC1.[SiH3]CCC1CCCCC1.[SiH3]CCC1CCCCC1.[SiH3]CCC1CCCCC1. The largest absolute Gasteiger partial charge is 0.461 e. The predicted molar refractivity (Wildman–Crippen MR) is 586 cm³/mol. The van der Waals surface area contributed by atoms with Crippen LogP contribution in [0.2, 0.25) is 42.3 Å². The Morgan fingerprint density at radius 2 is 0.695 bits per heavy atom. The van der Waals surface area contributed by atoms with Crippen LogP contribution in [-0.2, 0) is 49.7 Å².